The number of fused-ring (bicyclic) bond motifs is 1. The van der Waals surface area contributed by atoms with E-state index in [1.807, 2.05) is 13.0 Å². The van der Waals surface area contributed by atoms with Crippen LogP contribution in [0.4, 0.5) is 11.4 Å². The van der Waals surface area contributed by atoms with E-state index in [0.717, 1.165) is 33.8 Å². The Bertz CT molecular complexity index is 1020. The van der Waals surface area contributed by atoms with Gasteiger partial charge in [-0.3, -0.25) is 4.99 Å². The molecule has 5 nitrogen and oxygen atoms in total. The molecule has 0 radical (unpaired) electrons. The lowest BCUT2D eigenvalue weighted by molar-refractivity contribution is 0.0601. The number of methoxy groups -OCH3 is 2. The van der Waals surface area contributed by atoms with Gasteiger partial charge in [-0.2, -0.15) is 0 Å². The average Bonchev–Trinajstić information content (AvgIpc) is 2.70. The summed E-state index contributed by atoms with van der Waals surface area (Å²) in [5.74, 6) is 0.380. The molecule has 0 N–H and O–H groups in total. The average molecular weight is 392 g/mol. The second-order valence-electron chi connectivity index (χ2n) is 7.90. The smallest absolute Gasteiger partial charge is 0.337 e. The van der Waals surface area contributed by atoms with E-state index in [1.165, 1.54) is 12.7 Å². The lowest BCUT2D eigenvalue weighted by Crippen LogP contribution is -2.42. The van der Waals surface area contributed by atoms with E-state index in [9.17, 15) is 4.79 Å². The number of allylic oxidation sites excluding steroid dienone is 1. The van der Waals surface area contributed by atoms with Crippen LogP contribution in [-0.2, 0) is 4.74 Å². The highest BCUT2D eigenvalue weighted by atomic mass is 16.5. The minimum absolute atomic E-state index is 0.0663. The minimum atomic E-state index is -0.376. The number of aliphatic imine (C=N–C) groups is 1. The Morgan fingerprint density at radius 3 is 2.52 bits per heavy atom. The Kier molecular flexibility index (Phi) is 5.51. The maximum absolute atomic E-state index is 11.8. The highest BCUT2D eigenvalue weighted by Gasteiger charge is 2.29. The van der Waals surface area contributed by atoms with E-state index >= 15 is 0 Å². The van der Waals surface area contributed by atoms with Gasteiger partial charge in [0, 0.05) is 36.1 Å². The van der Waals surface area contributed by atoms with Crippen molar-refractivity contribution in [3.05, 3.63) is 58.7 Å². The normalized spacial score (nSPS) is 15.1. The molecule has 152 valence electrons. The second-order valence-corrected chi connectivity index (χ2v) is 7.90. The summed E-state index contributed by atoms with van der Waals surface area (Å²) in [4.78, 5) is 18.7. The summed E-state index contributed by atoms with van der Waals surface area (Å²) in [6.45, 7) is 8.48. The lowest BCUT2D eigenvalue weighted by Gasteiger charge is -2.40. The van der Waals surface area contributed by atoms with Crippen LogP contribution in [0.1, 0.15) is 47.8 Å². The number of esters is 1. The Morgan fingerprint density at radius 2 is 1.86 bits per heavy atom. The minimum Gasteiger partial charge on any atom is -0.496 e. The molecule has 0 spiro atoms. The van der Waals surface area contributed by atoms with Crippen LogP contribution in [0.15, 0.2) is 41.4 Å². The quantitative estimate of drug-likeness (QED) is 0.532. The van der Waals surface area contributed by atoms with Gasteiger partial charge in [-0.15, -0.1) is 0 Å². The number of nitrogens with zero attached hydrogens (tertiary/aromatic N) is 2. The summed E-state index contributed by atoms with van der Waals surface area (Å²) in [5.41, 5.74) is 6.51. The fourth-order valence-corrected chi connectivity index (χ4v) is 3.60. The molecule has 2 aromatic carbocycles. The molecule has 0 atom stereocenters. The van der Waals surface area contributed by atoms with E-state index in [-0.39, 0.29) is 11.5 Å². The molecule has 0 saturated carbocycles. The van der Waals surface area contributed by atoms with E-state index in [4.69, 9.17) is 9.47 Å². The number of ether oxygens (including phenoxy) is 2. The van der Waals surface area contributed by atoms with Crippen molar-refractivity contribution in [3.8, 4) is 5.75 Å². The van der Waals surface area contributed by atoms with Crippen molar-refractivity contribution in [2.24, 2.45) is 4.99 Å². The maximum Gasteiger partial charge on any atom is 0.337 e. The second kappa shape index (κ2) is 7.74. The number of likely N-dealkylation sites (N-methyl/N-ethyl adjacent to an activating group) is 1. The van der Waals surface area contributed by atoms with Gasteiger partial charge < -0.3 is 14.4 Å². The molecule has 0 aliphatic carbocycles. The van der Waals surface area contributed by atoms with Crippen LogP contribution in [0.5, 0.6) is 5.75 Å². The molecule has 1 aliphatic heterocycles. The molecule has 0 bridgehead atoms. The molecule has 1 heterocycles. The number of benzene rings is 2. The van der Waals surface area contributed by atoms with E-state index in [1.54, 1.807) is 25.5 Å². The molecule has 0 aromatic heterocycles. The fraction of sp³-hybridized carbons (Fsp3) is 0.333. The van der Waals surface area contributed by atoms with Crippen LogP contribution >= 0.6 is 0 Å². The summed E-state index contributed by atoms with van der Waals surface area (Å²) in [5, 5.41) is 0. The molecular weight excluding hydrogens is 364 g/mol. The highest BCUT2D eigenvalue weighted by Crippen LogP contribution is 2.41. The van der Waals surface area contributed by atoms with Crippen molar-refractivity contribution in [1.29, 1.82) is 0 Å². The van der Waals surface area contributed by atoms with Crippen LogP contribution in [0, 0.1) is 6.92 Å². The number of aryl methyl sites for hydroxylation is 1. The number of hydrogen-bond acceptors (Lipinski definition) is 5. The molecule has 0 fully saturated rings. The van der Waals surface area contributed by atoms with Crippen molar-refractivity contribution in [2.75, 3.05) is 26.2 Å². The number of carbonyl (C=O) groups excluding carboxylic acids is 1. The zero-order valence-electron chi connectivity index (χ0n) is 18.2. The van der Waals surface area contributed by atoms with Gasteiger partial charge >= 0.3 is 5.97 Å². The number of rotatable bonds is 4. The van der Waals surface area contributed by atoms with Gasteiger partial charge in [0.2, 0.25) is 0 Å². The Morgan fingerprint density at radius 1 is 1.14 bits per heavy atom. The first-order valence-electron chi connectivity index (χ1n) is 9.56. The molecule has 2 aromatic rings. The Balaban J connectivity index is 2.05. The van der Waals surface area contributed by atoms with Crippen molar-refractivity contribution >= 4 is 29.1 Å². The zero-order chi connectivity index (χ0) is 21.3. The van der Waals surface area contributed by atoms with Crippen molar-refractivity contribution in [1.82, 2.24) is 0 Å². The number of hydrogen-bond donors (Lipinski definition) is 0. The maximum atomic E-state index is 11.8. The predicted octanol–water partition coefficient (Wildman–Crippen LogP) is 5.17. The van der Waals surface area contributed by atoms with Crippen molar-refractivity contribution in [3.63, 3.8) is 0 Å². The van der Waals surface area contributed by atoms with Crippen LogP contribution < -0.4 is 9.64 Å². The number of anilines is 1. The summed E-state index contributed by atoms with van der Waals surface area (Å²) in [6.07, 6.45) is 4.06. The molecule has 0 saturated heterocycles. The SMILES string of the molecule is COC(=O)c1ccc(C)c(N=Cc2cc3c(cc2OC)N(C)C(C)(C)C=C3C)c1. The predicted molar refractivity (Wildman–Crippen MR) is 119 cm³/mol. The monoisotopic (exact) mass is 392 g/mol. The van der Waals surface area contributed by atoms with Crippen LogP contribution in [-0.4, -0.2) is 39.0 Å². The first-order chi connectivity index (χ1) is 13.7. The van der Waals surface area contributed by atoms with Gasteiger partial charge in [-0.1, -0.05) is 12.1 Å². The molecule has 29 heavy (non-hydrogen) atoms. The van der Waals surface area contributed by atoms with E-state index in [2.05, 4.69) is 55.9 Å². The standard InChI is InChI=1S/C24H28N2O3/c1-15-8-9-17(23(27)29-7)11-20(15)25-14-18-10-19-16(2)13-24(3,4)26(5)21(19)12-22(18)28-6/h8-14H,1-7H3. The summed E-state index contributed by atoms with van der Waals surface area (Å²) in [6, 6.07) is 9.52. The zero-order valence-corrected chi connectivity index (χ0v) is 18.2. The van der Waals surface area contributed by atoms with E-state index < -0.39 is 0 Å². The van der Waals surface area contributed by atoms with Gasteiger partial charge in [0.25, 0.3) is 0 Å². The molecule has 0 amide bonds. The topological polar surface area (TPSA) is 51.1 Å². The van der Waals surface area contributed by atoms with Gasteiger partial charge in [0.1, 0.15) is 5.75 Å². The van der Waals surface area contributed by atoms with Crippen molar-refractivity contribution < 1.29 is 14.3 Å². The third-order valence-corrected chi connectivity index (χ3v) is 5.54. The van der Waals surface area contributed by atoms with E-state index in [0.29, 0.717) is 5.56 Å². The van der Waals surface area contributed by atoms with Gasteiger partial charge in [0.15, 0.2) is 0 Å². The van der Waals surface area contributed by atoms with Crippen molar-refractivity contribution in [2.45, 2.75) is 33.2 Å². The highest BCUT2D eigenvalue weighted by molar-refractivity contribution is 5.93. The number of carbonyl (C=O) groups is 1. The van der Waals surface area contributed by atoms with Crippen LogP contribution in [0.2, 0.25) is 0 Å². The summed E-state index contributed by atoms with van der Waals surface area (Å²) in [7, 11) is 5.13. The lowest BCUT2D eigenvalue weighted by atomic mass is 9.88. The Hall–Kier alpha value is -3.08. The molecular formula is C24H28N2O3. The molecule has 3 rings (SSSR count). The third-order valence-electron chi connectivity index (χ3n) is 5.54. The summed E-state index contributed by atoms with van der Waals surface area (Å²) >= 11 is 0. The van der Waals surface area contributed by atoms with Crippen LogP contribution in [0.3, 0.4) is 0 Å². The third kappa shape index (κ3) is 3.90. The first-order valence-corrected chi connectivity index (χ1v) is 9.56. The fourth-order valence-electron chi connectivity index (χ4n) is 3.60. The molecule has 0 unspecified atom stereocenters. The molecule has 5 heteroatoms. The van der Waals surface area contributed by atoms with Gasteiger partial charge in [0.05, 0.1) is 31.0 Å². The Labute approximate surface area is 172 Å². The summed E-state index contributed by atoms with van der Waals surface area (Å²) < 4.78 is 10.5. The van der Waals surface area contributed by atoms with Gasteiger partial charge in [-0.05, 0) is 57.0 Å². The largest absolute Gasteiger partial charge is 0.496 e. The first kappa shape index (κ1) is 20.6. The van der Waals surface area contributed by atoms with Crippen LogP contribution in [0.25, 0.3) is 5.57 Å². The van der Waals surface area contributed by atoms with Gasteiger partial charge in [-0.25, -0.2) is 4.79 Å². The molecule has 1 aliphatic rings.